The van der Waals surface area contributed by atoms with Crippen LogP contribution >= 0.6 is 0 Å². The van der Waals surface area contributed by atoms with Gasteiger partial charge in [-0.05, 0) is 47.4 Å². The van der Waals surface area contributed by atoms with Crippen molar-refractivity contribution in [3.63, 3.8) is 0 Å². The number of ether oxygens (including phenoxy) is 1. The lowest BCUT2D eigenvalue weighted by molar-refractivity contribution is 0.414. The summed E-state index contributed by atoms with van der Waals surface area (Å²) in [5.74, 6) is 0.654. The van der Waals surface area contributed by atoms with E-state index in [1.54, 1.807) is 44.6 Å². The molecule has 0 fully saturated rings. The van der Waals surface area contributed by atoms with Crippen LogP contribution in [-0.2, 0) is 10.0 Å². The van der Waals surface area contributed by atoms with Gasteiger partial charge in [0.15, 0.2) is 0 Å². The van der Waals surface area contributed by atoms with Crippen molar-refractivity contribution in [1.82, 2.24) is 9.71 Å². The second-order valence-corrected chi connectivity index (χ2v) is 9.11. The van der Waals surface area contributed by atoms with Gasteiger partial charge in [0.2, 0.25) is 10.0 Å². The Morgan fingerprint density at radius 1 is 0.875 bits per heavy atom. The van der Waals surface area contributed by atoms with Gasteiger partial charge < -0.3 is 4.74 Å². The van der Waals surface area contributed by atoms with Crippen LogP contribution in [0.2, 0.25) is 0 Å². The second kappa shape index (κ2) is 9.34. The standard InChI is InChI=1S/C26H24N2O3S/c1-19-9-6-7-14-25(19)32(29,30)28-26(20-10-4-3-5-11-20)22-13-8-12-21(17-22)23-15-16-27-18-24(23)31-2/h3-18,26,28H,1-2H3. The van der Waals surface area contributed by atoms with E-state index in [0.29, 0.717) is 11.3 Å². The molecule has 162 valence electrons. The lowest BCUT2D eigenvalue weighted by Crippen LogP contribution is -2.30. The maximum atomic E-state index is 13.3. The van der Waals surface area contributed by atoms with Gasteiger partial charge in [-0.15, -0.1) is 0 Å². The van der Waals surface area contributed by atoms with Crippen LogP contribution in [-0.4, -0.2) is 20.5 Å². The van der Waals surface area contributed by atoms with Crippen LogP contribution in [0.1, 0.15) is 22.7 Å². The minimum atomic E-state index is -3.76. The van der Waals surface area contributed by atoms with Gasteiger partial charge in [-0.1, -0.05) is 66.7 Å². The summed E-state index contributed by atoms with van der Waals surface area (Å²) in [5, 5.41) is 0. The number of hydrogen-bond acceptors (Lipinski definition) is 4. The average molecular weight is 445 g/mol. The SMILES string of the molecule is COc1cnccc1-c1cccc(C(NS(=O)(=O)c2ccccc2C)c2ccccc2)c1. The largest absolute Gasteiger partial charge is 0.494 e. The topological polar surface area (TPSA) is 68.3 Å². The summed E-state index contributed by atoms with van der Waals surface area (Å²) < 4.78 is 35.0. The van der Waals surface area contributed by atoms with Crippen molar-refractivity contribution in [3.8, 4) is 16.9 Å². The van der Waals surface area contributed by atoms with Crippen LogP contribution in [0.5, 0.6) is 5.75 Å². The van der Waals surface area contributed by atoms with Gasteiger partial charge >= 0.3 is 0 Å². The predicted octanol–water partition coefficient (Wildman–Crippen LogP) is 5.13. The monoisotopic (exact) mass is 444 g/mol. The van der Waals surface area contributed by atoms with Crippen molar-refractivity contribution in [2.24, 2.45) is 0 Å². The fraction of sp³-hybridized carbons (Fsp3) is 0.115. The highest BCUT2D eigenvalue weighted by Crippen LogP contribution is 2.32. The molecule has 0 amide bonds. The van der Waals surface area contributed by atoms with Gasteiger partial charge in [-0.3, -0.25) is 4.98 Å². The molecule has 0 aliphatic rings. The highest BCUT2D eigenvalue weighted by Gasteiger charge is 2.24. The van der Waals surface area contributed by atoms with Gasteiger partial charge in [0.25, 0.3) is 0 Å². The van der Waals surface area contributed by atoms with E-state index in [9.17, 15) is 8.42 Å². The molecule has 5 nitrogen and oxygen atoms in total. The molecule has 6 heteroatoms. The third-order valence-corrected chi connectivity index (χ3v) is 6.91. The second-order valence-electron chi connectivity index (χ2n) is 7.43. The van der Waals surface area contributed by atoms with Crippen LogP contribution in [0.4, 0.5) is 0 Å². The molecular weight excluding hydrogens is 420 g/mol. The van der Waals surface area contributed by atoms with Crippen LogP contribution in [0.15, 0.2) is 102 Å². The first-order valence-electron chi connectivity index (χ1n) is 10.2. The number of nitrogens with zero attached hydrogens (tertiary/aromatic N) is 1. The molecule has 0 radical (unpaired) electrons. The summed E-state index contributed by atoms with van der Waals surface area (Å²) in [5.41, 5.74) is 4.17. The molecule has 0 spiro atoms. The summed E-state index contributed by atoms with van der Waals surface area (Å²) in [7, 11) is -2.16. The summed E-state index contributed by atoms with van der Waals surface area (Å²) >= 11 is 0. The van der Waals surface area contributed by atoms with Crippen molar-refractivity contribution in [2.75, 3.05) is 7.11 Å². The summed E-state index contributed by atoms with van der Waals surface area (Å²) in [4.78, 5) is 4.39. The highest BCUT2D eigenvalue weighted by atomic mass is 32.2. The van der Waals surface area contributed by atoms with Crippen molar-refractivity contribution in [1.29, 1.82) is 0 Å². The van der Waals surface area contributed by atoms with Crippen LogP contribution in [0, 0.1) is 6.92 Å². The van der Waals surface area contributed by atoms with E-state index in [1.807, 2.05) is 66.7 Å². The van der Waals surface area contributed by atoms with Gasteiger partial charge in [-0.25, -0.2) is 8.42 Å². The maximum Gasteiger partial charge on any atom is 0.241 e. The zero-order chi connectivity index (χ0) is 22.6. The van der Waals surface area contributed by atoms with Crippen molar-refractivity contribution >= 4 is 10.0 Å². The molecule has 3 aromatic carbocycles. The molecule has 0 aliphatic carbocycles. The Hall–Kier alpha value is -3.48. The summed E-state index contributed by atoms with van der Waals surface area (Å²) in [6.07, 6.45) is 3.37. The van der Waals surface area contributed by atoms with Gasteiger partial charge in [0.05, 0.1) is 24.2 Å². The van der Waals surface area contributed by atoms with Gasteiger partial charge in [-0.2, -0.15) is 4.72 Å². The number of nitrogens with one attached hydrogen (secondary N) is 1. The molecule has 1 heterocycles. The summed E-state index contributed by atoms with van der Waals surface area (Å²) in [6, 6.07) is 25.7. The molecule has 32 heavy (non-hydrogen) atoms. The number of methoxy groups -OCH3 is 1. The molecule has 0 aliphatic heterocycles. The molecule has 1 atom stereocenters. The molecule has 0 saturated carbocycles. The quantitative estimate of drug-likeness (QED) is 0.429. The lowest BCUT2D eigenvalue weighted by atomic mass is 9.96. The number of pyridine rings is 1. The minimum absolute atomic E-state index is 0.271. The predicted molar refractivity (Wildman–Crippen MR) is 126 cm³/mol. The normalized spacial score (nSPS) is 12.3. The first-order chi connectivity index (χ1) is 15.5. The molecule has 0 saturated heterocycles. The van der Waals surface area contributed by atoms with Crippen LogP contribution < -0.4 is 9.46 Å². The zero-order valence-corrected chi connectivity index (χ0v) is 18.7. The number of aryl methyl sites for hydroxylation is 1. The van der Waals surface area contributed by atoms with Crippen molar-refractivity contribution < 1.29 is 13.2 Å². The van der Waals surface area contributed by atoms with Crippen LogP contribution in [0.25, 0.3) is 11.1 Å². The number of benzene rings is 3. The molecule has 1 aromatic heterocycles. The van der Waals surface area contributed by atoms with Crippen LogP contribution in [0.3, 0.4) is 0 Å². The number of rotatable bonds is 7. The number of aromatic nitrogens is 1. The molecule has 4 rings (SSSR count). The Kier molecular flexibility index (Phi) is 6.35. The Bertz CT molecular complexity index is 1320. The first kappa shape index (κ1) is 21.7. The third-order valence-electron chi connectivity index (χ3n) is 5.32. The lowest BCUT2D eigenvalue weighted by Gasteiger charge is -2.21. The third kappa shape index (κ3) is 4.56. The van der Waals surface area contributed by atoms with E-state index >= 15 is 0 Å². The van der Waals surface area contributed by atoms with Crippen molar-refractivity contribution in [2.45, 2.75) is 17.9 Å². The van der Waals surface area contributed by atoms with E-state index in [-0.39, 0.29) is 4.90 Å². The molecule has 0 bridgehead atoms. The Morgan fingerprint density at radius 2 is 1.59 bits per heavy atom. The Morgan fingerprint density at radius 3 is 2.34 bits per heavy atom. The maximum absolute atomic E-state index is 13.3. The fourth-order valence-corrected chi connectivity index (χ4v) is 5.18. The van der Waals surface area contributed by atoms with E-state index in [4.69, 9.17) is 4.74 Å². The van der Waals surface area contributed by atoms with E-state index in [1.165, 1.54) is 0 Å². The highest BCUT2D eigenvalue weighted by molar-refractivity contribution is 7.89. The summed E-state index contributed by atoms with van der Waals surface area (Å²) in [6.45, 7) is 1.79. The molecule has 4 aromatic rings. The fourth-order valence-electron chi connectivity index (χ4n) is 3.72. The van der Waals surface area contributed by atoms with E-state index in [2.05, 4.69) is 9.71 Å². The molecular formula is C26H24N2O3S. The van der Waals surface area contributed by atoms with E-state index in [0.717, 1.165) is 22.3 Å². The van der Waals surface area contributed by atoms with Gasteiger partial charge in [0.1, 0.15) is 5.75 Å². The molecule has 1 unspecified atom stereocenters. The number of hydrogen-bond donors (Lipinski definition) is 1. The average Bonchev–Trinajstić information content (AvgIpc) is 2.83. The zero-order valence-electron chi connectivity index (χ0n) is 17.9. The van der Waals surface area contributed by atoms with E-state index < -0.39 is 16.1 Å². The van der Waals surface area contributed by atoms with Crippen molar-refractivity contribution in [3.05, 3.63) is 114 Å². The molecule has 1 N–H and O–H groups in total. The first-order valence-corrected chi connectivity index (χ1v) is 11.7. The van der Waals surface area contributed by atoms with Gasteiger partial charge in [0, 0.05) is 11.8 Å². The number of sulfonamides is 1. The smallest absolute Gasteiger partial charge is 0.241 e. The Labute approximate surface area is 188 Å². The minimum Gasteiger partial charge on any atom is -0.494 e. The Balaban J connectivity index is 1.80.